The van der Waals surface area contributed by atoms with Crippen LogP contribution in [0.1, 0.15) is 16.7 Å². The van der Waals surface area contributed by atoms with Gasteiger partial charge in [-0.2, -0.15) is 25.3 Å². The van der Waals surface area contributed by atoms with Crippen LogP contribution in [0.5, 0.6) is 0 Å². The Morgan fingerprint density at radius 2 is 0.595 bits per heavy atom. The van der Waals surface area contributed by atoms with Crippen molar-refractivity contribution in [2.45, 2.75) is 35.5 Å². The standard InChI is InChI=1S/3C7H8O3S.C5H12O4/c3*1-6-2-4-7(5-3-6)11(8,9)10;6-1-5(2-7,3-8)4-9/h3*2-5H,1H3,(H,8,9,10);6-9H,1-4H2. The molecule has 0 unspecified atom stereocenters. The van der Waals surface area contributed by atoms with Crippen LogP contribution in [0.15, 0.2) is 87.5 Å². The van der Waals surface area contributed by atoms with Crippen molar-refractivity contribution in [2.24, 2.45) is 5.41 Å². The summed E-state index contributed by atoms with van der Waals surface area (Å²) in [6.45, 7) is 3.90. The van der Waals surface area contributed by atoms with Gasteiger partial charge in [-0.25, -0.2) is 0 Å². The molecule has 236 valence electrons. The first kappa shape index (κ1) is 39.2. The van der Waals surface area contributed by atoms with Gasteiger partial charge in [0.05, 0.1) is 46.5 Å². The summed E-state index contributed by atoms with van der Waals surface area (Å²) in [6.07, 6.45) is 0. The molecule has 16 heteroatoms. The van der Waals surface area contributed by atoms with Crippen molar-refractivity contribution in [1.82, 2.24) is 0 Å². The van der Waals surface area contributed by atoms with Crippen LogP contribution in [-0.4, -0.2) is 85.8 Å². The first-order chi connectivity index (χ1) is 19.2. The molecule has 0 radical (unpaired) electrons. The van der Waals surface area contributed by atoms with Crippen molar-refractivity contribution in [2.75, 3.05) is 26.4 Å². The van der Waals surface area contributed by atoms with E-state index >= 15 is 0 Å². The van der Waals surface area contributed by atoms with E-state index in [-0.39, 0.29) is 14.7 Å². The fourth-order valence-electron chi connectivity index (χ4n) is 2.43. The van der Waals surface area contributed by atoms with Crippen LogP contribution in [0.25, 0.3) is 0 Å². The summed E-state index contributed by atoms with van der Waals surface area (Å²) in [5, 5.41) is 34.0. The van der Waals surface area contributed by atoms with Gasteiger partial charge >= 0.3 is 0 Å². The zero-order valence-corrected chi connectivity index (χ0v) is 25.5. The Balaban J connectivity index is 0.000000536. The van der Waals surface area contributed by atoms with Crippen LogP contribution in [0.3, 0.4) is 0 Å². The Kier molecular flexibility index (Phi) is 16.2. The monoisotopic (exact) mass is 652 g/mol. The van der Waals surface area contributed by atoms with E-state index in [1.807, 2.05) is 20.8 Å². The summed E-state index contributed by atoms with van der Waals surface area (Å²) in [4.78, 5) is -0.200. The molecule has 3 rings (SSSR count). The van der Waals surface area contributed by atoms with Gasteiger partial charge in [0.1, 0.15) is 0 Å². The van der Waals surface area contributed by atoms with Crippen molar-refractivity contribution >= 4 is 30.4 Å². The van der Waals surface area contributed by atoms with Crippen molar-refractivity contribution in [1.29, 1.82) is 0 Å². The topological polar surface area (TPSA) is 244 Å². The predicted molar refractivity (Wildman–Crippen MR) is 154 cm³/mol. The molecule has 0 saturated heterocycles. The molecule has 0 atom stereocenters. The van der Waals surface area contributed by atoms with Crippen LogP contribution < -0.4 is 0 Å². The number of rotatable bonds is 7. The number of aliphatic hydroxyl groups excluding tert-OH is 4. The zero-order chi connectivity index (χ0) is 32.8. The van der Waals surface area contributed by atoms with E-state index in [4.69, 9.17) is 34.1 Å². The van der Waals surface area contributed by atoms with Gasteiger partial charge < -0.3 is 20.4 Å². The second-order valence-corrected chi connectivity index (χ2v) is 13.3. The lowest BCUT2D eigenvalue weighted by molar-refractivity contribution is -0.0328. The minimum atomic E-state index is -4.02. The average Bonchev–Trinajstić information content (AvgIpc) is 2.91. The second kappa shape index (κ2) is 17.4. The van der Waals surface area contributed by atoms with Gasteiger partial charge in [0.2, 0.25) is 0 Å². The number of aliphatic hydroxyl groups is 4. The summed E-state index contributed by atoms with van der Waals surface area (Å²) in [5.74, 6) is 0. The second-order valence-electron chi connectivity index (χ2n) is 9.00. The van der Waals surface area contributed by atoms with Crippen LogP contribution >= 0.6 is 0 Å². The molecule has 42 heavy (non-hydrogen) atoms. The maximum atomic E-state index is 10.5. The van der Waals surface area contributed by atoms with Gasteiger partial charge in [-0.3, -0.25) is 13.7 Å². The minimum Gasteiger partial charge on any atom is -0.396 e. The third-order valence-electron chi connectivity index (χ3n) is 5.30. The number of aryl methyl sites for hydroxylation is 3. The van der Waals surface area contributed by atoms with Crippen molar-refractivity contribution < 1.29 is 59.3 Å². The molecule has 0 aliphatic rings. The molecule has 0 bridgehead atoms. The van der Waals surface area contributed by atoms with E-state index in [0.29, 0.717) is 0 Å². The van der Waals surface area contributed by atoms with Crippen LogP contribution in [-0.2, 0) is 30.4 Å². The lowest BCUT2D eigenvalue weighted by Gasteiger charge is -2.23. The van der Waals surface area contributed by atoms with E-state index < -0.39 is 62.2 Å². The Labute approximate surface area is 246 Å². The SMILES string of the molecule is Cc1ccc(S(=O)(=O)O)cc1.Cc1ccc(S(=O)(=O)O)cc1.Cc1ccc(S(=O)(=O)O)cc1.OCC(CO)(CO)CO. The normalized spacial score (nSPS) is 11.6. The van der Waals surface area contributed by atoms with Crippen molar-refractivity contribution in [3.63, 3.8) is 0 Å². The molecule has 0 aromatic heterocycles. The molecule has 0 amide bonds. The largest absolute Gasteiger partial charge is 0.396 e. The van der Waals surface area contributed by atoms with Gasteiger partial charge in [-0.15, -0.1) is 0 Å². The van der Waals surface area contributed by atoms with E-state index in [1.165, 1.54) is 36.4 Å². The van der Waals surface area contributed by atoms with Crippen LogP contribution in [0.2, 0.25) is 0 Å². The minimum absolute atomic E-state index is 0.0666. The highest BCUT2D eigenvalue weighted by Gasteiger charge is 2.26. The molecule has 7 N–H and O–H groups in total. The lowest BCUT2D eigenvalue weighted by atomic mass is 9.93. The Morgan fingerprint density at radius 1 is 0.429 bits per heavy atom. The molecule has 13 nitrogen and oxygen atoms in total. The Hall–Kier alpha value is -2.77. The average molecular weight is 653 g/mol. The molecular formula is C26H36O13S3. The highest BCUT2D eigenvalue weighted by molar-refractivity contribution is 7.86. The first-order valence-electron chi connectivity index (χ1n) is 11.8. The molecular weight excluding hydrogens is 616 g/mol. The highest BCUT2D eigenvalue weighted by atomic mass is 32.2. The quantitative estimate of drug-likeness (QED) is 0.180. The van der Waals surface area contributed by atoms with E-state index in [2.05, 4.69) is 0 Å². The Morgan fingerprint density at radius 3 is 0.690 bits per heavy atom. The molecule has 0 fully saturated rings. The van der Waals surface area contributed by atoms with Gasteiger partial charge in [0.25, 0.3) is 30.4 Å². The molecule has 0 spiro atoms. The van der Waals surface area contributed by atoms with E-state index in [0.717, 1.165) is 16.7 Å². The van der Waals surface area contributed by atoms with Gasteiger partial charge in [-0.05, 0) is 57.2 Å². The van der Waals surface area contributed by atoms with Gasteiger partial charge in [-0.1, -0.05) is 53.1 Å². The summed E-state index contributed by atoms with van der Waals surface area (Å²) in [5.41, 5.74) is 1.76. The Bertz CT molecular complexity index is 1340. The third kappa shape index (κ3) is 14.9. The predicted octanol–water partition coefficient (Wildman–Crippen LogP) is 1.67. The summed E-state index contributed by atoms with van der Waals surface area (Å²) in [6, 6.07) is 18.0. The highest BCUT2D eigenvalue weighted by Crippen LogP contribution is 2.12. The molecule has 0 aliphatic carbocycles. The number of hydrogen-bond donors (Lipinski definition) is 7. The smallest absolute Gasteiger partial charge is 0.294 e. The maximum absolute atomic E-state index is 10.5. The maximum Gasteiger partial charge on any atom is 0.294 e. The fourth-order valence-corrected chi connectivity index (χ4v) is 3.87. The molecule has 0 saturated carbocycles. The lowest BCUT2D eigenvalue weighted by Crippen LogP contribution is -2.37. The van der Waals surface area contributed by atoms with E-state index in [1.54, 1.807) is 36.4 Å². The zero-order valence-electron chi connectivity index (χ0n) is 23.1. The number of benzene rings is 3. The van der Waals surface area contributed by atoms with Crippen molar-refractivity contribution in [3.8, 4) is 0 Å². The molecule has 3 aromatic rings. The van der Waals surface area contributed by atoms with Crippen LogP contribution in [0, 0.1) is 26.2 Å². The number of hydrogen-bond acceptors (Lipinski definition) is 10. The first-order valence-corrected chi connectivity index (χ1v) is 16.1. The fraction of sp³-hybridized carbons (Fsp3) is 0.308. The van der Waals surface area contributed by atoms with E-state index in [9.17, 15) is 25.3 Å². The van der Waals surface area contributed by atoms with Crippen LogP contribution in [0.4, 0.5) is 0 Å². The summed E-state index contributed by atoms with van der Waals surface area (Å²) in [7, 11) is -12.1. The van der Waals surface area contributed by atoms with Crippen molar-refractivity contribution in [3.05, 3.63) is 89.5 Å². The molecule has 3 aromatic carbocycles. The van der Waals surface area contributed by atoms with Gasteiger partial charge in [0, 0.05) is 0 Å². The third-order valence-corrected chi connectivity index (χ3v) is 7.90. The molecule has 0 heterocycles. The summed E-state index contributed by atoms with van der Waals surface area (Å²) >= 11 is 0. The van der Waals surface area contributed by atoms with Gasteiger partial charge in [0.15, 0.2) is 0 Å². The molecule has 0 aliphatic heterocycles. The summed E-state index contributed by atoms with van der Waals surface area (Å²) < 4.78 is 88.7.